The van der Waals surface area contributed by atoms with E-state index in [1.807, 2.05) is 60.7 Å². The van der Waals surface area contributed by atoms with Crippen LogP contribution in [0.4, 0.5) is 0 Å². The van der Waals surface area contributed by atoms with Crippen LogP contribution in [0.25, 0.3) is 0 Å². The molecule has 0 spiro atoms. The summed E-state index contributed by atoms with van der Waals surface area (Å²) in [6, 6.07) is 19.2. The fourth-order valence-electron chi connectivity index (χ4n) is 3.67. The highest BCUT2D eigenvalue weighted by Crippen LogP contribution is 2.24. The van der Waals surface area contributed by atoms with Crippen molar-refractivity contribution < 1.29 is 13.2 Å². The fourth-order valence-corrected chi connectivity index (χ4v) is 5.23. The van der Waals surface area contributed by atoms with E-state index in [0.717, 1.165) is 17.5 Å². The summed E-state index contributed by atoms with van der Waals surface area (Å²) in [5.41, 5.74) is 1.89. The minimum atomic E-state index is -3.35. The van der Waals surface area contributed by atoms with E-state index in [4.69, 9.17) is 0 Å². The lowest BCUT2D eigenvalue weighted by Gasteiger charge is -2.31. The number of piperidine rings is 1. The Labute approximate surface area is 167 Å². The second-order valence-electron chi connectivity index (χ2n) is 7.30. The summed E-state index contributed by atoms with van der Waals surface area (Å²) >= 11 is 0. The number of hydrogen-bond donors (Lipinski definition) is 1. The predicted molar refractivity (Wildman–Crippen MR) is 111 cm³/mol. The molecule has 3 rings (SSSR count). The van der Waals surface area contributed by atoms with Crippen LogP contribution in [0, 0.1) is 5.92 Å². The molecule has 0 unspecified atom stereocenters. The van der Waals surface area contributed by atoms with Gasteiger partial charge in [-0.25, -0.2) is 12.7 Å². The van der Waals surface area contributed by atoms with Gasteiger partial charge in [0, 0.05) is 19.0 Å². The Balaban J connectivity index is 1.55. The third kappa shape index (κ3) is 5.20. The summed E-state index contributed by atoms with van der Waals surface area (Å²) < 4.78 is 26.9. The molecule has 150 valence electrons. The van der Waals surface area contributed by atoms with Crippen molar-refractivity contribution in [3.8, 4) is 0 Å². The molecule has 0 saturated carbocycles. The summed E-state index contributed by atoms with van der Waals surface area (Å²) in [5.74, 6) is -0.104. The predicted octanol–water partition coefficient (Wildman–Crippen LogP) is 3.50. The first-order valence-corrected chi connectivity index (χ1v) is 11.5. The molecule has 0 bridgehead atoms. The number of carbonyl (C=O) groups excluding carboxylic acids is 1. The molecule has 2 aromatic carbocycles. The molecule has 1 atom stereocenters. The van der Waals surface area contributed by atoms with Gasteiger partial charge in [0.1, 0.15) is 0 Å². The molecule has 6 heteroatoms. The molecule has 1 aliphatic rings. The summed E-state index contributed by atoms with van der Waals surface area (Å²) in [7, 11) is -3.35. The number of benzene rings is 2. The first-order chi connectivity index (χ1) is 13.5. The third-order valence-electron chi connectivity index (χ3n) is 5.34. The van der Waals surface area contributed by atoms with Crippen molar-refractivity contribution in [1.82, 2.24) is 9.62 Å². The SMILES string of the molecule is CC[C@@H](NC(=O)C1CCN(S(=O)(=O)Cc2ccccc2)CC1)c1ccccc1. The molecule has 5 nitrogen and oxygen atoms in total. The average molecular weight is 401 g/mol. The smallest absolute Gasteiger partial charge is 0.223 e. The quantitative estimate of drug-likeness (QED) is 0.774. The molecule has 1 N–H and O–H groups in total. The largest absolute Gasteiger partial charge is 0.349 e. The Kier molecular flexibility index (Phi) is 6.86. The van der Waals surface area contributed by atoms with Gasteiger partial charge in [-0.1, -0.05) is 67.6 Å². The Hall–Kier alpha value is -2.18. The number of amides is 1. The van der Waals surface area contributed by atoms with Crippen molar-refractivity contribution in [2.75, 3.05) is 13.1 Å². The first-order valence-electron chi connectivity index (χ1n) is 9.86. The lowest BCUT2D eigenvalue weighted by atomic mass is 9.96. The number of sulfonamides is 1. The summed E-state index contributed by atoms with van der Waals surface area (Å²) in [4.78, 5) is 12.7. The van der Waals surface area contributed by atoms with Gasteiger partial charge in [0.2, 0.25) is 15.9 Å². The van der Waals surface area contributed by atoms with Crippen LogP contribution >= 0.6 is 0 Å². The van der Waals surface area contributed by atoms with Gasteiger partial charge in [-0.15, -0.1) is 0 Å². The summed E-state index contributed by atoms with van der Waals surface area (Å²) in [5, 5.41) is 3.14. The number of nitrogens with zero attached hydrogens (tertiary/aromatic N) is 1. The molecule has 1 amide bonds. The van der Waals surface area contributed by atoms with E-state index in [2.05, 4.69) is 12.2 Å². The number of carbonyl (C=O) groups is 1. The maximum atomic E-state index is 12.7. The Morgan fingerprint density at radius 2 is 1.61 bits per heavy atom. The molecular formula is C22H28N2O3S. The van der Waals surface area contributed by atoms with Gasteiger partial charge < -0.3 is 5.32 Å². The standard InChI is InChI=1S/C22H28N2O3S/c1-2-21(19-11-7-4-8-12-19)23-22(25)20-13-15-24(16-14-20)28(26,27)17-18-9-5-3-6-10-18/h3-12,20-21H,2,13-17H2,1H3,(H,23,25)/t21-/m1/s1. The zero-order valence-electron chi connectivity index (χ0n) is 16.3. The van der Waals surface area contributed by atoms with Gasteiger partial charge in [-0.2, -0.15) is 0 Å². The zero-order valence-corrected chi connectivity index (χ0v) is 17.1. The van der Waals surface area contributed by atoms with Crippen LogP contribution in [0.2, 0.25) is 0 Å². The second kappa shape index (κ2) is 9.34. The van der Waals surface area contributed by atoms with Crippen LogP contribution in [0.15, 0.2) is 60.7 Å². The van der Waals surface area contributed by atoms with Crippen molar-refractivity contribution in [3.05, 3.63) is 71.8 Å². The van der Waals surface area contributed by atoms with Gasteiger partial charge in [-0.05, 0) is 30.4 Å². The van der Waals surface area contributed by atoms with Crippen molar-refractivity contribution >= 4 is 15.9 Å². The van der Waals surface area contributed by atoms with Gasteiger partial charge in [0.25, 0.3) is 0 Å². The number of rotatable bonds is 7. The topological polar surface area (TPSA) is 66.5 Å². The van der Waals surface area contributed by atoms with Gasteiger partial charge in [-0.3, -0.25) is 4.79 Å². The van der Waals surface area contributed by atoms with E-state index in [9.17, 15) is 13.2 Å². The van der Waals surface area contributed by atoms with Gasteiger partial charge >= 0.3 is 0 Å². The van der Waals surface area contributed by atoms with E-state index in [-0.39, 0.29) is 23.6 Å². The number of hydrogen-bond acceptors (Lipinski definition) is 3. The van der Waals surface area contributed by atoms with Crippen LogP contribution in [0.1, 0.15) is 43.4 Å². The van der Waals surface area contributed by atoms with Crippen molar-refractivity contribution in [2.45, 2.75) is 38.0 Å². The Morgan fingerprint density at radius 1 is 1.04 bits per heavy atom. The summed E-state index contributed by atoms with van der Waals surface area (Å²) in [6.07, 6.45) is 1.94. The molecule has 1 aliphatic heterocycles. The molecule has 0 radical (unpaired) electrons. The van der Waals surface area contributed by atoms with Crippen LogP contribution in [-0.4, -0.2) is 31.7 Å². The van der Waals surface area contributed by atoms with Gasteiger partial charge in [0.15, 0.2) is 0 Å². The highest BCUT2D eigenvalue weighted by molar-refractivity contribution is 7.88. The van der Waals surface area contributed by atoms with Crippen molar-refractivity contribution in [2.24, 2.45) is 5.92 Å². The molecule has 0 aromatic heterocycles. The summed E-state index contributed by atoms with van der Waals surface area (Å²) in [6.45, 7) is 2.85. The maximum Gasteiger partial charge on any atom is 0.223 e. The van der Waals surface area contributed by atoms with Gasteiger partial charge in [0.05, 0.1) is 11.8 Å². The molecule has 1 fully saturated rings. The number of nitrogens with one attached hydrogen (secondary N) is 1. The van der Waals surface area contributed by atoms with Crippen molar-refractivity contribution in [1.29, 1.82) is 0 Å². The molecule has 1 saturated heterocycles. The molecular weight excluding hydrogens is 372 g/mol. The molecule has 0 aliphatic carbocycles. The lowest BCUT2D eigenvalue weighted by molar-refractivity contribution is -0.126. The third-order valence-corrected chi connectivity index (χ3v) is 7.19. The van der Waals surface area contributed by atoms with Crippen LogP contribution in [-0.2, 0) is 20.6 Å². The monoisotopic (exact) mass is 400 g/mol. The highest BCUT2D eigenvalue weighted by Gasteiger charge is 2.31. The average Bonchev–Trinajstić information content (AvgIpc) is 2.73. The molecule has 28 heavy (non-hydrogen) atoms. The van der Waals surface area contributed by atoms with E-state index >= 15 is 0 Å². The van der Waals surface area contributed by atoms with Crippen LogP contribution in [0.3, 0.4) is 0 Å². The zero-order chi connectivity index (χ0) is 20.0. The van der Waals surface area contributed by atoms with E-state index in [1.54, 1.807) is 0 Å². The Morgan fingerprint density at radius 3 is 2.18 bits per heavy atom. The highest BCUT2D eigenvalue weighted by atomic mass is 32.2. The van der Waals surface area contributed by atoms with E-state index in [0.29, 0.717) is 25.9 Å². The molecule has 1 heterocycles. The molecule has 2 aromatic rings. The lowest BCUT2D eigenvalue weighted by Crippen LogP contribution is -2.44. The minimum Gasteiger partial charge on any atom is -0.349 e. The second-order valence-corrected chi connectivity index (χ2v) is 9.26. The first kappa shape index (κ1) is 20.6. The fraction of sp³-hybridized carbons (Fsp3) is 0.409. The van der Waals surface area contributed by atoms with E-state index < -0.39 is 10.0 Å². The van der Waals surface area contributed by atoms with Crippen LogP contribution in [0.5, 0.6) is 0 Å². The van der Waals surface area contributed by atoms with Crippen LogP contribution < -0.4 is 5.32 Å². The normalized spacial score (nSPS) is 17.2. The maximum absolute atomic E-state index is 12.7. The van der Waals surface area contributed by atoms with E-state index in [1.165, 1.54) is 4.31 Å². The van der Waals surface area contributed by atoms with Crippen molar-refractivity contribution in [3.63, 3.8) is 0 Å². The minimum absolute atomic E-state index is 0.00598. The Bertz CT molecular complexity index is 861.